The van der Waals surface area contributed by atoms with Gasteiger partial charge in [0, 0.05) is 30.1 Å². The Bertz CT molecular complexity index is 775. The van der Waals surface area contributed by atoms with E-state index in [0.717, 1.165) is 36.6 Å². The number of halogens is 2. The van der Waals surface area contributed by atoms with E-state index in [-0.39, 0.29) is 17.9 Å². The molecule has 1 aliphatic heterocycles. The smallest absolute Gasteiger partial charge is 0.246 e. The lowest BCUT2D eigenvalue weighted by molar-refractivity contribution is -0.120. The number of benzene rings is 1. The lowest BCUT2D eigenvalue weighted by atomic mass is 10.2. The van der Waals surface area contributed by atoms with Crippen LogP contribution in [0.15, 0.2) is 28.7 Å². The van der Waals surface area contributed by atoms with Gasteiger partial charge in [0.2, 0.25) is 5.91 Å². The van der Waals surface area contributed by atoms with Crippen LogP contribution in [0.5, 0.6) is 0 Å². The number of amides is 1. The van der Waals surface area contributed by atoms with Crippen LogP contribution in [0, 0.1) is 11.6 Å². The van der Waals surface area contributed by atoms with E-state index >= 15 is 0 Å². The minimum Gasteiger partial charge on any atom is -0.378 e. The third-order valence-corrected chi connectivity index (χ3v) is 4.47. The number of nitrogens with zero attached hydrogens (tertiary/aromatic N) is 3. The van der Waals surface area contributed by atoms with Crippen molar-refractivity contribution in [1.82, 2.24) is 10.4 Å². The second kappa shape index (κ2) is 8.13. The summed E-state index contributed by atoms with van der Waals surface area (Å²) in [6.45, 7) is 2.91. The molecule has 1 aromatic carbocycles. The van der Waals surface area contributed by atoms with Crippen LogP contribution in [0.3, 0.4) is 0 Å². The quantitative estimate of drug-likeness (QED) is 0.649. The van der Waals surface area contributed by atoms with E-state index in [2.05, 4.69) is 20.4 Å². The fourth-order valence-corrected chi connectivity index (χ4v) is 3.14. The van der Waals surface area contributed by atoms with Crippen molar-refractivity contribution >= 4 is 28.6 Å². The van der Waals surface area contributed by atoms with Gasteiger partial charge in [-0.1, -0.05) is 0 Å². The van der Waals surface area contributed by atoms with Crippen LogP contribution in [0.2, 0.25) is 0 Å². The van der Waals surface area contributed by atoms with Crippen molar-refractivity contribution < 1.29 is 18.3 Å². The first-order chi connectivity index (χ1) is 12.1. The number of aromatic nitrogens is 1. The molecular weight excluding hydrogens is 350 g/mol. The van der Waals surface area contributed by atoms with Gasteiger partial charge < -0.3 is 9.64 Å². The van der Waals surface area contributed by atoms with Crippen LogP contribution in [0.4, 0.5) is 13.9 Å². The number of carbonyl (C=O) groups is 1. The first-order valence-electron chi connectivity index (χ1n) is 7.66. The van der Waals surface area contributed by atoms with Crippen LogP contribution >= 0.6 is 11.3 Å². The van der Waals surface area contributed by atoms with Gasteiger partial charge in [-0.15, -0.1) is 11.3 Å². The first kappa shape index (κ1) is 17.4. The van der Waals surface area contributed by atoms with E-state index in [1.54, 1.807) is 0 Å². The van der Waals surface area contributed by atoms with Gasteiger partial charge in [-0.05, 0) is 12.1 Å². The third kappa shape index (κ3) is 4.80. The fourth-order valence-electron chi connectivity index (χ4n) is 2.26. The molecule has 3 rings (SSSR count). The highest BCUT2D eigenvalue weighted by Crippen LogP contribution is 2.21. The molecule has 0 bridgehead atoms. The number of carbonyl (C=O) groups excluding carboxylic acids is 1. The predicted octanol–water partition coefficient (Wildman–Crippen LogP) is 1.95. The number of nitrogens with one attached hydrogen (secondary N) is 1. The maximum atomic E-state index is 13.4. The highest BCUT2D eigenvalue weighted by molar-refractivity contribution is 7.13. The van der Waals surface area contributed by atoms with Crippen molar-refractivity contribution in [1.29, 1.82) is 0 Å². The summed E-state index contributed by atoms with van der Waals surface area (Å²) in [4.78, 5) is 18.4. The van der Waals surface area contributed by atoms with Crippen molar-refractivity contribution in [3.8, 4) is 0 Å². The van der Waals surface area contributed by atoms with E-state index in [0.29, 0.717) is 18.9 Å². The first-order valence-corrected chi connectivity index (χ1v) is 8.54. The molecule has 0 radical (unpaired) electrons. The van der Waals surface area contributed by atoms with Gasteiger partial charge in [-0.25, -0.2) is 19.2 Å². The Hall–Kier alpha value is -2.39. The van der Waals surface area contributed by atoms with Gasteiger partial charge in [-0.2, -0.15) is 5.10 Å². The van der Waals surface area contributed by atoms with Gasteiger partial charge in [0.05, 0.1) is 31.5 Å². The summed E-state index contributed by atoms with van der Waals surface area (Å²) in [6, 6.07) is 3.12. The Morgan fingerprint density at radius 1 is 1.40 bits per heavy atom. The second-order valence-electron chi connectivity index (χ2n) is 5.36. The average molecular weight is 366 g/mol. The van der Waals surface area contributed by atoms with Crippen LogP contribution in [-0.2, 0) is 16.0 Å². The second-order valence-corrected chi connectivity index (χ2v) is 6.19. The molecule has 0 atom stereocenters. The standard InChI is InChI=1S/C16H16F2N4O2S/c17-12-2-1-11(14(18)7-12)9-19-21-15(23)8-13-10-25-16(20-13)22-3-5-24-6-4-22/h1-2,7,9-10H,3-6,8H2,(H,21,23)/b19-9-. The van der Waals surface area contributed by atoms with Gasteiger partial charge >= 0.3 is 0 Å². The predicted molar refractivity (Wildman–Crippen MR) is 90.9 cm³/mol. The highest BCUT2D eigenvalue weighted by atomic mass is 32.1. The molecule has 0 unspecified atom stereocenters. The summed E-state index contributed by atoms with van der Waals surface area (Å²) < 4.78 is 31.5. The number of thiazole rings is 1. The summed E-state index contributed by atoms with van der Waals surface area (Å²) in [7, 11) is 0. The molecule has 1 fully saturated rings. The average Bonchev–Trinajstić information content (AvgIpc) is 3.06. The highest BCUT2D eigenvalue weighted by Gasteiger charge is 2.15. The van der Waals surface area contributed by atoms with Crippen molar-refractivity contribution in [2.24, 2.45) is 5.10 Å². The molecular formula is C16H16F2N4O2S. The largest absolute Gasteiger partial charge is 0.378 e. The van der Waals surface area contributed by atoms with Gasteiger partial charge in [0.25, 0.3) is 0 Å². The third-order valence-electron chi connectivity index (χ3n) is 3.52. The lowest BCUT2D eigenvalue weighted by Gasteiger charge is -2.26. The number of ether oxygens (including phenoxy) is 1. The number of hydrazone groups is 1. The molecule has 0 saturated carbocycles. The fraction of sp³-hybridized carbons (Fsp3) is 0.312. The summed E-state index contributed by atoms with van der Waals surface area (Å²) in [5.41, 5.74) is 3.04. The minimum absolute atomic E-state index is 0.0735. The maximum absolute atomic E-state index is 13.4. The normalized spacial score (nSPS) is 14.9. The molecule has 0 spiro atoms. The Kier molecular flexibility index (Phi) is 5.67. The van der Waals surface area contributed by atoms with Crippen LogP contribution in [-0.4, -0.2) is 43.4 Å². The molecule has 1 aliphatic rings. The zero-order chi connectivity index (χ0) is 17.6. The Morgan fingerprint density at radius 3 is 2.96 bits per heavy atom. The Morgan fingerprint density at radius 2 is 2.20 bits per heavy atom. The zero-order valence-electron chi connectivity index (χ0n) is 13.2. The van der Waals surface area contributed by atoms with Crippen molar-refractivity contribution in [2.75, 3.05) is 31.2 Å². The molecule has 0 aliphatic carbocycles. The van der Waals surface area contributed by atoms with Crippen LogP contribution in [0.25, 0.3) is 0 Å². The lowest BCUT2D eigenvalue weighted by Crippen LogP contribution is -2.36. The van der Waals surface area contributed by atoms with Gasteiger partial charge in [-0.3, -0.25) is 4.79 Å². The van der Waals surface area contributed by atoms with E-state index in [1.165, 1.54) is 17.4 Å². The molecule has 9 heteroatoms. The van der Waals surface area contributed by atoms with Crippen molar-refractivity contribution in [2.45, 2.75) is 6.42 Å². The SMILES string of the molecule is O=C(Cc1csc(N2CCOCC2)n1)N/N=C\c1ccc(F)cc1F. The molecule has 6 nitrogen and oxygen atoms in total. The van der Waals surface area contributed by atoms with Crippen LogP contribution in [0.1, 0.15) is 11.3 Å². The van der Waals surface area contributed by atoms with E-state index in [9.17, 15) is 13.6 Å². The molecule has 1 amide bonds. The summed E-state index contributed by atoms with van der Waals surface area (Å²) in [5.74, 6) is -1.77. The number of rotatable bonds is 5. The van der Waals surface area contributed by atoms with E-state index in [4.69, 9.17) is 4.74 Å². The summed E-state index contributed by atoms with van der Waals surface area (Å²) >= 11 is 1.48. The molecule has 1 saturated heterocycles. The monoisotopic (exact) mass is 366 g/mol. The van der Waals surface area contributed by atoms with Crippen molar-refractivity contribution in [3.63, 3.8) is 0 Å². The topological polar surface area (TPSA) is 66.8 Å². The van der Waals surface area contributed by atoms with E-state index in [1.807, 2.05) is 5.38 Å². The van der Waals surface area contributed by atoms with Gasteiger partial charge in [0.1, 0.15) is 11.6 Å². The molecule has 1 aromatic heterocycles. The van der Waals surface area contributed by atoms with Crippen LogP contribution < -0.4 is 10.3 Å². The molecule has 132 valence electrons. The maximum Gasteiger partial charge on any atom is 0.246 e. The number of hydrogen-bond acceptors (Lipinski definition) is 6. The molecule has 2 aromatic rings. The zero-order valence-corrected chi connectivity index (χ0v) is 14.1. The molecule has 1 N–H and O–H groups in total. The van der Waals surface area contributed by atoms with Crippen molar-refractivity contribution in [3.05, 3.63) is 46.5 Å². The summed E-state index contributed by atoms with van der Waals surface area (Å²) in [6.07, 6.45) is 1.21. The molecule has 25 heavy (non-hydrogen) atoms. The Labute approximate surface area is 147 Å². The summed E-state index contributed by atoms with van der Waals surface area (Å²) in [5, 5.41) is 6.38. The number of anilines is 1. The van der Waals surface area contributed by atoms with Gasteiger partial charge in [0.15, 0.2) is 5.13 Å². The number of morpholine rings is 1. The Balaban J connectivity index is 1.52. The number of hydrogen-bond donors (Lipinski definition) is 1. The molecule has 2 heterocycles. The van der Waals surface area contributed by atoms with E-state index < -0.39 is 11.6 Å². The minimum atomic E-state index is -0.743.